The van der Waals surface area contributed by atoms with Crippen molar-refractivity contribution in [3.05, 3.63) is 48.5 Å². The Balaban J connectivity index is 1.29. The fourth-order valence-corrected chi connectivity index (χ4v) is 12.7. The molecule has 0 radical (unpaired) electrons. The smallest absolute Gasteiger partial charge is 0.304 e. The van der Waals surface area contributed by atoms with E-state index in [1.165, 1.54) is 12.1 Å². The number of fused-ring (bicyclic) bond motifs is 2. The van der Waals surface area contributed by atoms with Crippen molar-refractivity contribution in [1.82, 2.24) is 23.7 Å². The Hall–Kier alpha value is -4.89. The molecule has 0 unspecified atom stereocenters. The normalized spacial score (nSPS) is 12.6. The van der Waals surface area contributed by atoms with Gasteiger partial charge in [-0.1, -0.05) is 11.8 Å². The first kappa shape index (κ1) is 48.1. The quantitative estimate of drug-likeness (QED) is 0.0269. The number of nitrogens with one attached hydrogen (secondary N) is 2. The molecule has 7 aromatic rings. The number of hydrogen-bond donors (Lipinski definition) is 5. The third kappa shape index (κ3) is 11.7. The van der Waals surface area contributed by atoms with Gasteiger partial charge in [0.05, 0.1) is 27.9 Å². The lowest BCUT2D eigenvalue weighted by Crippen LogP contribution is -2.21. The van der Waals surface area contributed by atoms with Gasteiger partial charge in [-0.3, -0.25) is 13.7 Å². The van der Waals surface area contributed by atoms with Gasteiger partial charge in [0.15, 0.2) is 15.2 Å². The first-order valence-corrected chi connectivity index (χ1v) is 27.7. The van der Waals surface area contributed by atoms with Crippen molar-refractivity contribution in [2.75, 3.05) is 58.1 Å². The van der Waals surface area contributed by atoms with Crippen LogP contribution in [0.25, 0.3) is 20.4 Å². The summed E-state index contributed by atoms with van der Waals surface area (Å²) in [6, 6.07) is 13.4. The van der Waals surface area contributed by atoms with E-state index in [1.54, 1.807) is 12.1 Å². The Morgan fingerprint density at radius 3 is 1.43 bits per heavy atom. The van der Waals surface area contributed by atoms with Crippen LogP contribution in [0, 0.1) is 0 Å². The molecule has 0 saturated heterocycles. The van der Waals surface area contributed by atoms with Crippen molar-refractivity contribution in [3.63, 3.8) is 0 Å². The van der Waals surface area contributed by atoms with Crippen LogP contribution in [0.2, 0.25) is 0 Å². The number of thioether (sulfide) groups is 1. The largest absolute Gasteiger partial charge is 0.372 e. The van der Waals surface area contributed by atoms with E-state index >= 15 is 0 Å². The van der Waals surface area contributed by atoms with Gasteiger partial charge in [0, 0.05) is 43.3 Å². The van der Waals surface area contributed by atoms with Crippen LogP contribution < -0.4 is 20.4 Å². The number of aromatic nitrogens is 5. The summed E-state index contributed by atoms with van der Waals surface area (Å²) in [6.07, 6.45) is 0. The molecule has 0 aliphatic rings. The van der Waals surface area contributed by atoms with Crippen LogP contribution in [0.5, 0.6) is 0 Å². The van der Waals surface area contributed by atoms with E-state index in [1.807, 2.05) is 52.0 Å². The minimum atomic E-state index is -4.46. The molecule has 0 fully saturated rings. The Morgan fingerprint density at radius 1 is 0.615 bits per heavy atom. The van der Waals surface area contributed by atoms with Crippen LogP contribution in [0.3, 0.4) is 0 Å². The second-order valence-electron chi connectivity index (χ2n) is 13.3. The molecule has 0 bridgehead atoms. The SMILES string of the molecule is CCN(CC)c1ccc(N=Nc2snc3sc(S(=O)(=O)O)cc23)c(Nc2nc(Nc3cc(N(CC)CC)ccc3N=Nc3snc4sc(S(=O)(=O)O)cc34)nc(SCCS(=O)(=O)O)n2)c1. The van der Waals surface area contributed by atoms with Crippen LogP contribution in [0.1, 0.15) is 27.7 Å². The highest BCUT2D eigenvalue weighted by Crippen LogP contribution is 2.42. The van der Waals surface area contributed by atoms with E-state index in [0.29, 0.717) is 79.4 Å². The molecule has 30 heteroatoms. The van der Waals surface area contributed by atoms with Crippen molar-refractivity contribution in [3.8, 4) is 0 Å². The first-order valence-electron chi connectivity index (χ1n) is 19.1. The molecule has 344 valence electrons. The Kier molecular flexibility index (Phi) is 14.7. The summed E-state index contributed by atoms with van der Waals surface area (Å²) in [4.78, 5) is 18.7. The zero-order valence-corrected chi connectivity index (χ0v) is 40.9. The second-order valence-corrected chi connectivity index (χ2v) is 22.8. The molecule has 0 amide bonds. The molecular weight excluding hydrogens is 1000 g/mol. The summed E-state index contributed by atoms with van der Waals surface area (Å²) in [6.45, 7) is 10.7. The summed E-state index contributed by atoms with van der Waals surface area (Å²) in [5.74, 6) is -0.680. The zero-order chi connectivity index (χ0) is 46.7. The average molecular weight is 1040 g/mol. The number of benzene rings is 2. The highest BCUT2D eigenvalue weighted by Gasteiger charge is 2.21. The molecule has 5 aromatic heterocycles. The summed E-state index contributed by atoms with van der Waals surface area (Å²) in [5, 5.41) is 25.6. The van der Waals surface area contributed by atoms with Crippen molar-refractivity contribution >= 4 is 164 Å². The minimum absolute atomic E-state index is 0.00281. The van der Waals surface area contributed by atoms with Gasteiger partial charge < -0.3 is 20.4 Å². The number of hydrogen-bond acceptors (Lipinski definition) is 24. The van der Waals surface area contributed by atoms with E-state index in [-0.39, 0.29) is 31.2 Å². The van der Waals surface area contributed by atoms with Gasteiger partial charge in [-0.15, -0.1) is 43.1 Å². The lowest BCUT2D eigenvalue weighted by molar-refractivity contribution is 0.483. The number of nitrogens with zero attached hydrogens (tertiary/aromatic N) is 11. The molecule has 5 N–H and O–H groups in total. The van der Waals surface area contributed by atoms with Gasteiger partial charge in [0.1, 0.15) is 29.5 Å². The molecule has 0 aliphatic heterocycles. The summed E-state index contributed by atoms with van der Waals surface area (Å²) in [7, 11) is -13.2. The van der Waals surface area contributed by atoms with Crippen molar-refractivity contribution < 1.29 is 38.9 Å². The lowest BCUT2D eigenvalue weighted by atomic mass is 10.2. The Bertz CT molecular complexity index is 3080. The van der Waals surface area contributed by atoms with Crippen LogP contribution in [0.4, 0.5) is 56.0 Å². The number of azo groups is 2. The van der Waals surface area contributed by atoms with E-state index < -0.39 is 36.1 Å². The van der Waals surface area contributed by atoms with Crippen molar-refractivity contribution in [2.45, 2.75) is 41.3 Å². The number of thiophene rings is 2. The predicted molar refractivity (Wildman–Crippen MR) is 257 cm³/mol. The van der Waals surface area contributed by atoms with Crippen molar-refractivity contribution in [1.29, 1.82) is 0 Å². The molecule has 0 saturated carbocycles. The number of anilines is 6. The third-order valence-electron chi connectivity index (χ3n) is 9.17. The van der Waals surface area contributed by atoms with Gasteiger partial charge in [-0.25, -0.2) is 0 Å². The van der Waals surface area contributed by atoms with Crippen molar-refractivity contribution in [2.24, 2.45) is 20.5 Å². The molecule has 2 aromatic carbocycles. The molecule has 0 spiro atoms. The highest BCUT2D eigenvalue weighted by molar-refractivity contribution is 8.00. The van der Waals surface area contributed by atoms with E-state index in [2.05, 4.69) is 64.6 Å². The predicted octanol–water partition coefficient (Wildman–Crippen LogP) is 9.70. The van der Waals surface area contributed by atoms with E-state index in [0.717, 1.165) is 68.9 Å². The second kappa shape index (κ2) is 19.9. The molecule has 0 aliphatic carbocycles. The highest BCUT2D eigenvalue weighted by atomic mass is 32.3. The van der Waals surface area contributed by atoms with Gasteiger partial charge in [0.2, 0.25) is 11.9 Å². The molecule has 0 atom stereocenters. The maximum Gasteiger partial charge on any atom is 0.304 e. The number of rotatable bonds is 20. The van der Waals surface area contributed by atoms with Gasteiger partial charge in [-0.05, 0) is 99.3 Å². The molecule has 7 rings (SSSR count). The summed E-state index contributed by atoms with van der Waals surface area (Å²) >= 11 is 4.55. The van der Waals surface area contributed by atoms with Crippen LogP contribution in [0.15, 0.2) is 82.6 Å². The monoisotopic (exact) mass is 1040 g/mol. The summed E-state index contributed by atoms with van der Waals surface area (Å²) in [5.41, 5.74) is 3.08. The standard InChI is InChI=1S/C35H37N13O9S8/c1-5-47(6-2)19-9-11-23(41-43-29-21-17-27(64(52,53)54)59-31(21)45-61-29)25(15-19)36-33-38-34(40-35(39-33)58-13-14-63(49,50)51)37-26-16-20(48(7-3)8-4)10-12-24(26)42-44-30-22-18-28(65(55,56)57)60-32(22)46-62-30/h9-12,15-18H,5-8,13-14H2,1-4H3,(H,49,50,51)(H,52,53,54)(H,55,56,57)(H2,36,37,38,39,40). The Morgan fingerprint density at radius 2 is 1.05 bits per heavy atom. The average Bonchev–Trinajstić information content (AvgIpc) is 4.03. The maximum absolute atomic E-state index is 11.8. The van der Waals surface area contributed by atoms with Gasteiger partial charge >= 0.3 is 20.2 Å². The van der Waals surface area contributed by atoms with Crippen LogP contribution >= 0.6 is 57.5 Å². The van der Waals surface area contributed by atoms with Crippen LogP contribution in [-0.2, 0) is 30.4 Å². The minimum Gasteiger partial charge on any atom is -0.372 e. The maximum atomic E-state index is 11.8. The zero-order valence-electron chi connectivity index (χ0n) is 34.3. The van der Waals surface area contributed by atoms with Gasteiger partial charge in [-0.2, -0.15) is 49.0 Å². The molecule has 65 heavy (non-hydrogen) atoms. The lowest BCUT2D eigenvalue weighted by Gasteiger charge is -2.22. The fraction of sp³-hybridized carbons (Fsp3) is 0.286. The molecule has 5 heterocycles. The molecule has 22 nitrogen and oxygen atoms in total. The van der Waals surface area contributed by atoms with Gasteiger partial charge in [0.25, 0.3) is 10.1 Å². The molecular formula is C35H37N13O9S8. The first-order chi connectivity index (χ1) is 30.8. The topological polar surface area (TPSA) is 308 Å². The van der Waals surface area contributed by atoms with Crippen LogP contribution in [-0.4, -0.2) is 100 Å². The van der Waals surface area contributed by atoms with E-state index in [9.17, 15) is 38.9 Å². The Labute approximate surface area is 392 Å². The third-order valence-corrected chi connectivity index (χ3v) is 17.4. The fourth-order valence-electron chi connectivity index (χ4n) is 6.03. The summed E-state index contributed by atoms with van der Waals surface area (Å²) < 4.78 is 107. The van der Waals surface area contributed by atoms with E-state index in [4.69, 9.17) is 0 Å².